The predicted molar refractivity (Wildman–Crippen MR) is 85.7 cm³/mol. The third-order valence-electron chi connectivity index (χ3n) is 3.47. The molecule has 0 amide bonds. The summed E-state index contributed by atoms with van der Waals surface area (Å²) in [5.74, 6) is 0.130. The molecule has 0 aromatic heterocycles. The maximum atomic E-state index is 13.9. The minimum atomic E-state index is -0.138. The largest absolute Gasteiger partial charge is 0.319 e. The Balaban J connectivity index is 2.25. The molecule has 3 heteroatoms. The third kappa shape index (κ3) is 3.90. The Morgan fingerprint density at radius 3 is 2.50 bits per heavy atom. The minimum absolute atomic E-state index is 0.138. The van der Waals surface area contributed by atoms with Crippen LogP contribution in [0.25, 0.3) is 0 Å². The summed E-state index contributed by atoms with van der Waals surface area (Å²) < 4.78 is 14.8. The van der Waals surface area contributed by atoms with Gasteiger partial charge in [-0.25, -0.2) is 4.39 Å². The second-order valence-electron chi connectivity index (χ2n) is 5.11. The highest BCUT2D eigenvalue weighted by Crippen LogP contribution is 2.24. The maximum Gasteiger partial charge on any atom is 0.126 e. The number of benzene rings is 2. The SMILES string of the molecule is CNCC(Cc1cc(Br)ccc1F)c1ccc(C)cc1. The molecule has 0 aliphatic heterocycles. The van der Waals surface area contributed by atoms with E-state index in [9.17, 15) is 4.39 Å². The average molecular weight is 336 g/mol. The first-order valence-corrected chi connectivity index (χ1v) is 7.54. The maximum absolute atomic E-state index is 13.9. The van der Waals surface area contributed by atoms with Crippen molar-refractivity contribution in [1.82, 2.24) is 5.32 Å². The highest BCUT2D eigenvalue weighted by atomic mass is 79.9. The third-order valence-corrected chi connectivity index (χ3v) is 3.97. The molecule has 2 aromatic rings. The Labute approximate surface area is 128 Å². The molecule has 1 N–H and O–H groups in total. The van der Waals surface area contributed by atoms with Crippen LogP contribution in [0.5, 0.6) is 0 Å². The first kappa shape index (κ1) is 15.2. The molecule has 0 heterocycles. The predicted octanol–water partition coefficient (Wildman–Crippen LogP) is 4.44. The van der Waals surface area contributed by atoms with Gasteiger partial charge in [0.15, 0.2) is 0 Å². The normalized spacial score (nSPS) is 12.4. The van der Waals surface area contributed by atoms with E-state index in [4.69, 9.17) is 0 Å². The highest BCUT2D eigenvalue weighted by Gasteiger charge is 2.14. The van der Waals surface area contributed by atoms with Gasteiger partial charge in [-0.1, -0.05) is 45.8 Å². The Kier molecular flexibility index (Phi) is 5.32. The standard InChI is InChI=1S/C17H19BrFN/c1-12-3-5-13(6-4-12)15(11-20-2)9-14-10-16(18)7-8-17(14)19/h3-8,10,15,20H,9,11H2,1-2H3. The zero-order chi connectivity index (χ0) is 14.5. The van der Waals surface area contributed by atoms with Crippen molar-refractivity contribution in [1.29, 1.82) is 0 Å². The van der Waals surface area contributed by atoms with E-state index in [2.05, 4.69) is 52.4 Å². The molecule has 0 spiro atoms. The van der Waals surface area contributed by atoms with Gasteiger partial charge in [-0.05, 0) is 49.7 Å². The van der Waals surface area contributed by atoms with Crippen LogP contribution < -0.4 is 5.32 Å². The highest BCUT2D eigenvalue weighted by molar-refractivity contribution is 9.10. The van der Waals surface area contributed by atoms with Gasteiger partial charge < -0.3 is 5.32 Å². The van der Waals surface area contributed by atoms with E-state index in [1.54, 1.807) is 6.07 Å². The summed E-state index contributed by atoms with van der Waals surface area (Å²) in [7, 11) is 1.93. The van der Waals surface area contributed by atoms with Gasteiger partial charge >= 0.3 is 0 Å². The van der Waals surface area contributed by atoms with E-state index in [0.29, 0.717) is 6.42 Å². The molecule has 106 valence electrons. The number of hydrogen-bond donors (Lipinski definition) is 1. The van der Waals surface area contributed by atoms with Crippen LogP contribution in [-0.2, 0) is 6.42 Å². The second-order valence-corrected chi connectivity index (χ2v) is 6.02. The molecule has 1 atom stereocenters. The Hall–Kier alpha value is -1.19. The summed E-state index contributed by atoms with van der Waals surface area (Å²) in [5.41, 5.74) is 3.23. The molecule has 0 fully saturated rings. The van der Waals surface area contributed by atoms with Gasteiger partial charge in [0.2, 0.25) is 0 Å². The Bertz CT molecular complexity index is 566. The number of rotatable bonds is 5. The van der Waals surface area contributed by atoms with Crippen molar-refractivity contribution < 1.29 is 4.39 Å². The van der Waals surface area contributed by atoms with E-state index < -0.39 is 0 Å². The van der Waals surface area contributed by atoms with Crippen LogP contribution in [0.2, 0.25) is 0 Å². The van der Waals surface area contributed by atoms with Crippen molar-refractivity contribution in [3.63, 3.8) is 0 Å². The van der Waals surface area contributed by atoms with E-state index in [0.717, 1.165) is 16.6 Å². The molecule has 1 unspecified atom stereocenters. The molecule has 20 heavy (non-hydrogen) atoms. The van der Waals surface area contributed by atoms with Crippen LogP contribution in [-0.4, -0.2) is 13.6 Å². The number of nitrogens with one attached hydrogen (secondary N) is 1. The molecule has 0 saturated heterocycles. The summed E-state index contributed by atoms with van der Waals surface area (Å²) in [6.07, 6.45) is 0.690. The van der Waals surface area contributed by atoms with Crippen molar-refractivity contribution in [2.45, 2.75) is 19.3 Å². The number of likely N-dealkylation sites (N-methyl/N-ethyl adjacent to an activating group) is 1. The lowest BCUT2D eigenvalue weighted by Crippen LogP contribution is -2.19. The van der Waals surface area contributed by atoms with Crippen LogP contribution >= 0.6 is 15.9 Å². The van der Waals surface area contributed by atoms with Crippen LogP contribution in [0.4, 0.5) is 4.39 Å². The van der Waals surface area contributed by atoms with Gasteiger partial charge in [0.05, 0.1) is 0 Å². The van der Waals surface area contributed by atoms with E-state index in [-0.39, 0.29) is 11.7 Å². The average Bonchev–Trinajstić information content (AvgIpc) is 2.43. The van der Waals surface area contributed by atoms with Gasteiger partial charge in [-0.15, -0.1) is 0 Å². The van der Waals surface area contributed by atoms with Gasteiger partial charge in [0, 0.05) is 16.9 Å². The van der Waals surface area contributed by atoms with Gasteiger partial charge in [0.25, 0.3) is 0 Å². The second kappa shape index (κ2) is 7.00. The van der Waals surface area contributed by atoms with Gasteiger partial charge in [0.1, 0.15) is 5.82 Å². The zero-order valence-electron chi connectivity index (χ0n) is 11.8. The number of hydrogen-bond acceptors (Lipinski definition) is 1. The molecule has 0 saturated carbocycles. The van der Waals surface area contributed by atoms with Gasteiger partial charge in [-0.3, -0.25) is 0 Å². The molecule has 0 aliphatic rings. The van der Waals surface area contributed by atoms with E-state index >= 15 is 0 Å². The summed E-state index contributed by atoms with van der Waals surface area (Å²) in [5, 5.41) is 3.20. The fraction of sp³-hybridized carbons (Fsp3) is 0.294. The van der Waals surface area contributed by atoms with Crippen molar-refractivity contribution in [3.8, 4) is 0 Å². The van der Waals surface area contributed by atoms with Crippen molar-refractivity contribution in [3.05, 3.63) is 69.4 Å². The van der Waals surface area contributed by atoms with E-state index in [1.807, 2.05) is 13.1 Å². The van der Waals surface area contributed by atoms with Crippen LogP contribution in [0.3, 0.4) is 0 Å². The van der Waals surface area contributed by atoms with Crippen LogP contribution in [0.1, 0.15) is 22.6 Å². The van der Waals surface area contributed by atoms with Crippen molar-refractivity contribution in [2.75, 3.05) is 13.6 Å². The lowest BCUT2D eigenvalue weighted by atomic mass is 9.91. The Morgan fingerprint density at radius 2 is 1.85 bits per heavy atom. The molecule has 0 bridgehead atoms. The zero-order valence-corrected chi connectivity index (χ0v) is 13.4. The number of aryl methyl sites for hydroxylation is 1. The summed E-state index contributed by atoms with van der Waals surface area (Å²) in [4.78, 5) is 0. The van der Waals surface area contributed by atoms with Gasteiger partial charge in [-0.2, -0.15) is 0 Å². The molecule has 1 nitrogen and oxygen atoms in total. The lowest BCUT2D eigenvalue weighted by Gasteiger charge is -2.18. The fourth-order valence-corrected chi connectivity index (χ4v) is 2.77. The molecule has 2 aromatic carbocycles. The van der Waals surface area contributed by atoms with Crippen molar-refractivity contribution >= 4 is 15.9 Å². The monoisotopic (exact) mass is 335 g/mol. The minimum Gasteiger partial charge on any atom is -0.319 e. The van der Waals surface area contributed by atoms with Crippen LogP contribution in [0.15, 0.2) is 46.9 Å². The van der Waals surface area contributed by atoms with Crippen molar-refractivity contribution in [2.24, 2.45) is 0 Å². The molecule has 2 rings (SSSR count). The molecular weight excluding hydrogens is 317 g/mol. The summed E-state index contributed by atoms with van der Waals surface area (Å²) >= 11 is 3.41. The molecular formula is C17H19BrFN. The van der Waals surface area contributed by atoms with E-state index in [1.165, 1.54) is 17.2 Å². The molecule has 0 radical (unpaired) electrons. The smallest absolute Gasteiger partial charge is 0.126 e. The first-order chi connectivity index (χ1) is 9.60. The molecule has 0 aliphatic carbocycles. The lowest BCUT2D eigenvalue weighted by molar-refractivity contribution is 0.574. The van der Waals surface area contributed by atoms with Crippen LogP contribution in [0, 0.1) is 12.7 Å². The fourth-order valence-electron chi connectivity index (χ4n) is 2.36. The first-order valence-electron chi connectivity index (χ1n) is 6.75. The summed E-state index contributed by atoms with van der Waals surface area (Å²) in [6, 6.07) is 13.6. The summed E-state index contributed by atoms with van der Waals surface area (Å²) in [6.45, 7) is 2.90. The quantitative estimate of drug-likeness (QED) is 0.851. The topological polar surface area (TPSA) is 12.0 Å². The number of halogens is 2. The Morgan fingerprint density at radius 1 is 1.15 bits per heavy atom.